The van der Waals surface area contributed by atoms with Gasteiger partial charge in [0.25, 0.3) is 0 Å². The number of carbonyl (C=O) groups excluding carboxylic acids is 3. The molecule has 0 aliphatic rings. The van der Waals surface area contributed by atoms with E-state index in [-0.39, 0.29) is 38.6 Å². The van der Waals surface area contributed by atoms with Crippen LogP contribution in [0.4, 0.5) is 0 Å². The molecular weight excluding hydrogens is 779 g/mol. The van der Waals surface area contributed by atoms with Gasteiger partial charge in [-0.05, 0) is 70.6 Å². The number of likely N-dealkylation sites (N-methyl/N-ethyl adjacent to an activating group) is 1. The summed E-state index contributed by atoms with van der Waals surface area (Å²) in [5, 5.41) is 11.7. The molecule has 0 N–H and O–H groups in total. The molecule has 0 amide bonds. The van der Waals surface area contributed by atoms with E-state index in [0.717, 1.165) is 57.8 Å². The number of nitrogens with zero attached hydrogens (tertiary/aromatic N) is 1. The molecule has 0 radical (unpaired) electrons. The van der Waals surface area contributed by atoms with Crippen LogP contribution in [0, 0.1) is 0 Å². The Balaban J connectivity index is 4.25. The van der Waals surface area contributed by atoms with Gasteiger partial charge in [-0.1, -0.05) is 179 Å². The molecule has 62 heavy (non-hydrogen) atoms. The van der Waals surface area contributed by atoms with Crippen molar-refractivity contribution in [1.29, 1.82) is 0 Å². The van der Waals surface area contributed by atoms with E-state index >= 15 is 0 Å². The Kier molecular flexibility index (Phi) is 43.3. The number of rotatable bonds is 47. The Labute approximate surface area is 381 Å². The molecular formula is C53H97NO8. The third-order valence-corrected chi connectivity index (χ3v) is 11.1. The highest BCUT2D eigenvalue weighted by molar-refractivity contribution is 5.70. The van der Waals surface area contributed by atoms with Crippen molar-refractivity contribution in [3.8, 4) is 0 Å². The lowest BCUT2D eigenvalue weighted by atomic mass is 10.0. The average Bonchev–Trinajstić information content (AvgIpc) is 3.23. The van der Waals surface area contributed by atoms with E-state index in [2.05, 4.69) is 50.3 Å². The van der Waals surface area contributed by atoms with Crippen molar-refractivity contribution >= 4 is 17.9 Å². The summed E-state index contributed by atoms with van der Waals surface area (Å²) in [5.41, 5.74) is 0. The van der Waals surface area contributed by atoms with Crippen LogP contribution in [0.2, 0.25) is 0 Å². The van der Waals surface area contributed by atoms with E-state index in [1.807, 2.05) is 21.1 Å². The Bertz CT molecular complexity index is 1110. The summed E-state index contributed by atoms with van der Waals surface area (Å²) in [7, 11) is 5.91. The number of allylic oxidation sites excluding steroid dienone is 6. The minimum absolute atomic E-state index is 0.147. The number of carboxylic acids is 1. The van der Waals surface area contributed by atoms with Gasteiger partial charge in [-0.2, -0.15) is 0 Å². The highest BCUT2D eigenvalue weighted by Gasteiger charge is 2.22. The zero-order valence-electron chi connectivity index (χ0n) is 41.0. The summed E-state index contributed by atoms with van der Waals surface area (Å²) >= 11 is 0. The predicted molar refractivity (Wildman–Crippen MR) is 256 cm³/mol. The Morgan fingerprint density at radius 3 is 1.32 bits per heavy atom. The predicted octanol–water partition coefficient (Wildman–Crippen LogP) is 12.8. The van der Waals surface area contributed by atoms with Crippen LogP contribution in [0.25, 0.3) is 0 Å². The van der Waals surface area contributed by atoms with Crippen LogP contribution in [0.1, 0.15) is 226 Å². The van der Waals surface area contributed by atoms with Crippen LogP contribution in [-0.2, 0) is 33.3 Å². The number of carbonyl (C=O) groups is 3. The van der Waals surface area contributed by atoms with E-state index in [1.165, 1.54) is 135 Å². The van der Waals surface area contributed by atoms with Crippen LogP contribution in [0.3, 0.4) is 0 Å². The van der Waals surface area contributed by atoms with Crippen molar-refractivity contribution in [3.05, 3.63) is 36.5 Å². The second kappa shape index (κ2) is 45.1. The first-order chi connectivity index (χ1) is 30.1. The fourth-order valence-electron chi connectivity index (χ4n) is 7.09. The third-order valence-electron chi connectivity index (χ3n) is 11.1. The van der Waals surface area contributed by atoms with E-state index < -0.39 is 24.3 Å². The molecule has 0 saturated heterocycles. The molecule has 0 aliphatic carbocycles. The average molecular weight is 876 g/mol. The van der Waals surface area contributed by atoms with Crippen molar-refractivity contribution in [2.45, 2.75) is 238 Å². The van der Waals surface area contributed by atoms with Gasteiger partial charge in [0.15, 0.2) is 12.4 Å². The number of hydrogen-bond acceptors (Lipinski definition) is 8. The van der Waals surface area contributed by atoms with Crippen molar-refractivity contribution in [3.63, 3.8) is 0 Å². The molecule has 9 nitrogen and oxygen atoms in total. The molecule has 0 bridgehead atoms. The van der Waals surface area contributed by atoms with E-state index in [9.17, 15) is 19.5 Å². The number of unbranched alkanes of at least 4 members (excludes halogenated alkanes) is 26. The molecule has 362 valence electrons. The van der Waals surface area contributed by atoms with Crippen LogP contribution in [-0.4, -0.2) is 82.3 Å². The fourth-order valence-corrected chi connectivity index (χ4v) is 7.09. The Morgan fingerprint density at radius 2 is 0.871 bits per heavy atom. The molecule has 0 rings (SSSR count). The monoisotopic (exact) mass is 876 g/mol. The lowest BCUT2D eigenvalue weighted by molar-refractivity contribution is -0.870. The standard InChI is InChI=1S/C53H97NO8/c1-6-8-10-12-14-16-18-20-21-22-23-24-25-26-27-28-29-30-31-32-34-36-38-40-42-44-51(56)62-49(48-61-53(52(57)58)59-46-45-54(3,4)5)47-60-50(55)43-41-39-37-35-33-19-17-15-13-11-9-7-2/h15,17-18,20,22-23,49,53H,6-14,16,19,21,24-48H2,1-5H3/b17-15-,20-18-,23-22-. The van der Waals surface area contributed by atoms with E-state index in [4.69, 9.17) is 18.9 Å². The van der Waals surface area contributed by atoms with Gasteiger partial charge < -0.3 is 33.3 Å². The zero-order valence-corrected chi connectivity index (χ0v) is 41.0. The quantitative estimate of drug-likeness (QED) is 0.0195. The molecule has 0 saturated carbocycles. The van der Waals surface area contributed by atoms with Crippen LogP contribution >= 0.6 is 0 Å². The second-order valence-corrected chi connectivity index (χ2v) is 18.5. The number of aliphatic carboxylic acids is 1. The lowest BCUT2D eigenvalue weighted by Gasteiger charge is -2.26. The summed E-state index contributed by atoms with van der Waals surface area (Å²) in [6.45, 7) is 4.71. The highest BCUT2D eigenvalue weighted by Crippen LogP contribution is 2.15. The highest BCUT2D eigenvalue weighted by atomic mass is 16.7. The summed E-state index contributed by atoms with van der Waals surface area (Å²) in [5.74, 6) is -2.29. The van der Waals surface area contributed by atoms with E-state index in [1.54, 1.807) is 0 Å². The first-order valence-electron chi connectivity index (χ1n) is 25.6. The van der Waals surface area contributed by atoms with Crippen molar-refractivity contribution < 1.29 is 42.9 Å². The van der Waals surface area contributed by atoms with Crippen LogP contribution in [0.5, 0.6) is 0 Å². The van der Waals surface area contributed by atoms with Gasteiger partial charge in [-0.25, -0.2) is 0 Å². The number of esters is 2. The van der Waals surface area contributed by atoms with Gasteiger partial charge in [0, 0.05) is 12.8 Å². The molecule has 0 aromatic rings. The molecule has 0 fully saturated rings. The maximum absolute atomic E-state index is 12.8. The number of carboxylic acid groups (broad SMARTS) is 1. The third kappa shape index (κ3) is 45.5. The van der Waals surface area contributed by atoms with Gasteiger partial charge >= 0.3 is 11.9 Å². The van der Waals surface area contributed by atoms with Gasteiger partial charge in [0.1, 0.15) is 13.2 Å². The van der Waals surface area contributed by atoms with Crippen molar-refractivity contribution in [2.75, 3.05) is 47.5 Å². The summed E-state index contributed by atoms with van der Waals surface area (Å²) in [4.78, 5) is 37.1. The van der Waals surface area contributed by atoms with Gasteiger partial charge in [0.05, 0.1) is 40.3 Å². The fraction of sp³-hybridized carbons (Fsp3) is 0.830. The van der Waals surface area contributed by atoms with Gasteiger partial charge in [-0.15, -0.1) is 0 Å². The molecule has 0 aliphatic heterocycles. The molecule has 0 spiro atoms. The molecule has 0 aromatic heterocycles. The summed E-state index contributed by atoms with van der Waals surface area (Å²) < 4.78 is 22.6. The smallest absolute Gasteiger partial charge is 0.306 e. The minimum Gasteiger partial charge on any atom is -0.545 e. The maximum atomic E-state index is 12.8. The molecule has 2 unspecified atom stereocenters. The van der Waals surface area contributed by atoms with Crippen molar-refractivity contribution in [1.82, 2.24) is 0 Å². The molecule has 2 atom stereocenters. The number of hydrogen-bond donors (Lipinski definition) is 0. The zero-order chi connectivity index (χ0) is 45.6. The summed E-state index contributed by atoms with van der Waals surface area (Å²) in [6, 6.07) is 0. The van der Waals surface area contributed by atoms with Crippen molar-refractivity contribution in [2.24, 2.45) is 0 Å². The first kappa shape index (κ1) is 59.5. The number of quaternary nitrogens is 1. The summed E-state index contributed by atoms with van der Waals surface area (Å²) in [6.07, 6.45) is 49.0. The molecule has 0 heterocycles. The minimum atomic E-state index is -1.62. The van der Waals surface area contributed by atoms with E-state index in [0.29, 0.717) is 17.4 Å². The van der Waals surface area contributed by atoms with Gasteiger partial charge in [0.2, 0.25) is 0 Å². The first-order valence-corrected chi connectivity index (χ1v) is 25.6. The normalized spacial score (nSPS) is 13.1. The SMILES string of the molecule is CCCCC/C=C\CCCCCCCC(=O)OCC(COC(OCC[N+](C)(C)C)C(=O)[O-])OC(=O)CCCCCCCCCCCCCCC/C=C\C/C=C\CCCCCCC. The Morgan fingerprint density at radius 1 is 0.484 bits per heavy atom. The lowest BCUT2D eigenvalue weighted by Crippen LogP contribution is -2.44. The Hall–Kier alpha value is -2.49. The maximum Gasteiger partial charge on any atom is 0.306 e. The van der Waals surface area contributed by atoms with Gasteiger partial charge in [-0.3, -0.25) is 9.59 Å². The number of ether oxygens (including phenoxy) is 4. The van der Waals surface area contributed by atoms with Crippen LogP contribution in [0.15, 0.2) is 36.5 Å². The van der Waals surface area contributed by atoms with Crippen LogP contribution < -0.4 is 5.11 Å². The molecule has 0 aromatic carbocycles. The molecule has 9 heteroatoms. The topological polar surface area (TPSA) is 111 Å². The second-order valence-electron chi connectivity index (χ2n) is 18.5. The largest absolute Gasteiger partial charge is 0.545 e.